The van der Waals surface area contributed by atoms with Crippen molar-refractivity contribution in [2.75, 3.05) is 38.1 Å². The van der Waals surface area contributed by atoms with Gasteiger partial charge in [0.15, 0.2) is 0 Å². The number of anilines is 1. The number of nitrogens with zero attached hydrogens (tertiary/aromatic N) is 2. The van der Waals surface area contributed by atoms with Crippen LogP contribution in [-0.4, -0.2) is 53.6 Å². The number of aromatic nitrogens is 1. The van der Waals surface area contributed by atoms with Gasteiger partial charge in [-0.05, 0) is 76.2 Å². The maximum Gasteiger partial charge on any atom is 0.322 e. The summed E-state index contributed by atoms with van der Waals surface area (Å²) in [6, 6.07) is 15.0. The Bertz CT molecular complexity index is 1150. The molecule has 0 atom stereocenters. The zero-order valence-corrected chi connectivity index (χ0v) is 19.4. The normalized spacial score (nSPS) is 13.9. The fourth-order valence-electron chi connectivity index (χ4n) is 4.17. The van der Waals surface area contributed by atoms with Crippen molar-refractivity contribution in [3.63, 3.8) is 0 Å². The first-order valence-electron chi connectivity index (χ1n) is 11.7. The summed E-state index contributed by atoms with van der Waals surface area (Å²) in [7, 11) is 0. The minimum Gasteiger partial charge on any atom is -0.494 e. The van der Waals surface area contributed by atoms with Crippen molar-refractivity contribution in [2.24, 2.45) is 0 Å². The summed E-state index contributed by atoms with van der Waals surface area (Å²) in [5.41, 5.74) is 3.00. The molecule has 1 saturated heterocycles. The largest absolute Gasteiger partial charge is 0.494 e. The van der Waals surface area contributed by atoms with Crippen LogP contribution in [-0.2, 0) is 6.54 Å². The molecular formula is C26H32N4O3. The molecule has 4 rings (SSSR count). The van der Waals surface area contributed by atoms with E-state index in [0.29, 0.717) is 18.7 Å². The van der Waals surface area contributed by atoms with Crippen LogP contribution in [0.4, 0.5) is 10.5 Å². The molecule has 0 unspecified atom stereocenters. The van der Waals surface area contributed by atoms with E-state index in [1.807, 2.05) is 62.4 Å². The zero-order valence-electron chi connectivity index (χ0n) is 19.4. The number of H-pyrrole nitrogens is 1. The molecule has 3 aromatic rings. The predicted octanol–water partition coefficient (Wildman–Crippen LogP) is 4.37. The van der Waals surface area contributed by atoms with Crippen molar-refractivity contribution in [2.45, 2.75) is 33.2 Å². The molecule has 1 fully saturated rings. The van der Waals surface area contributed by atoms with Gasteiger partial charge in [-0.3, -0.25) is 4.79 Å². The van der Waals surface area contributed by atoms with Crippen molar-refractivity contribution in [3.8, 4) is 5.75 Å². The third-order valence-electron chi connectivity index (χ3n) is 6.04. The highest BCUT2D eigenvalue weighted by molar-refractivity contribution is 5.89. The molecule has 0 spiro atoms. The molecule has 1 aromatic heterocycles. The highest BCUT2D eigenvalue weighted by atomic mass is 16.5. The Labute approximate surface area is 194 Å². The van der Waals surface area contributed by atoms with Crippen molar-refractivity contribution < 1.29 is 9.53 Å². The van der Waals surface area contributed by atoms with Crippen molar-refractivity contribution >= 4 is 22.6 Å². The smallest absolute Gasteiger partial charge is 0.322 e. The first kappa shape index (κ1) is 22.9. The molecule has 7 nitrogen and oxygen atoms in total. The van der Waals surface area contributed by atoms with E-state index in [2.05, 4.69) is 15.2 Å². The first-order valence-corrected chi connectivity index (χ1v) is 11.7. The SMILES string of the molecule is CCOc1ccc2[nH]c(=O)c(CN(CCN3CCCC3)C(=O)Nc3ccc(C)cc3)cc2c1. The van der Waals surface area contributed by atoms with Gasteiger partial charge in [0.05, 0.1) is 13.2 Å². The Morgan fingerprint density at radius 1 is 1.12 bits per heavy atom. The minimum absolute atomic E-state index is 0.180. The van der Waals surface area contributed by atoms with Crippen LogP contribution < -0.4 is 15.6 Å². The van der Waals surface area contributed by atoms with Gasteiger partial charge in [-0.25, -0.2) is 4.79 Å². The van der Waals surface area contributed by atoms with E-state index in [1.165, 1.54) is 12.8 Å². The molecule has 2 N–H and O–H groups in total. The van der Waals surface area contributed by atoms with Gasteiger partial charge in [0.1, 0.15) is 5.75 Å². The number of aryl methyl sites for hydroxylation is 1. The number of likely N-dealkylation sites (tertiary alicyclic amines) is 1. The fraction of sp³-hybridized carbons (Fsp3) is 0.385. The second kappa shape index (κ2) is 10.5. The number of aromatic amines is 1. The highest BCUT2D eigenvalue weighted by Crippen LogP contribution is 2.20. The standard InChI is InChI=1S/C26H32N4O3/c1-3-33-23-10-11-24-20(17-23)16-21(25(31)28-24)18-30(15-14-29-12-4-5-13-29)26(32)27-22-8-6-19(2)7-9-22/h6-11,16-17H,3-5,12-15,18H2,1-2H3,(H,27,32)(H,28,31). The Morgan fingerprint density at radius 2 is 1.88 bits per heavy atom. The monoisotopic (exact) mass is 448 g/mol. The number of amides is 2. The molecule has 2 amide bonds. The second-order valence-corrected chi connectivity index (χ2v) is 8.57. The number of carbonyl (C=O) groups is 1. The third-order valence-corrected chi connectivity index (χ3v) is 6.04. The quantitative estimate of drug-likeness (QED) is 0.537. The Hall–Kier alpha value is -3.32. The van der Waals surface area contributed by atoms with Crippen LogP contribution in [0.15, 0.2) is 53.3 Å². The highest BCUT2D eigenvalue weighted by Gasteiger charge is 2.19. The Kier molecular flexibility index (Phi) is 7.29. The van der Waals surface area contributed by atoms with Gasteiger partial charge in [0.25, 0.3) is 5.56 Å². The molecule has 0 radical (unpaired) electrons. The van der Waals surface area contributed by atoms with Gasteiger partial charge in [-0.1, -0.05) is 17.7 Å². The average molecular weight is 449 g/mol. The van der Waals surface area contributed by atoms with Crippen LogP contribution >= 0.6 is 0 Å². The predicted molar refractivity (Wildman–Crippen MR) is 132 cm³/mol. The van der Waals surface area contributed by atoms with Crippen LogP contribution in [0.5, 0.6) is 5.75 Å². The van der Waals surface area contributed by atoms with Crippen LogP contribution in [0.3, 0.4) is 0 Å². The van der Waals surface area contributed by atoms with E-state index in [1.54, 1.807) is 4.90 Å². The summed E-state index contributed by atoms with van der Waals surface area (Å²) in [6.07, 6.45) is 2.39. The number of hydrogen-bond acceptors (Lipinski definition) is 4. The summed E-state index contributed by atoms with van der Waals surface area (Å²) in [5, 5.41) is 3.87. The van der Waals surface area contributed by atoms with Gasteiger partial charge in [0, 0.05) is 35.2 Å². The summed E-state index contributed by atoms with van der Waals surface area (Å²) < 4.78 is 5.60. The maximum atomic E-state index is 13.2. The van der Waals surface area contributed by atoms with E-state index in [-0.39, 0.29) is 18.1 Å². The first-order chi connectivity index (χ1) is 16.0. The lowest BCUT2D eigenvalue weighted by molar-refractivity contribution is 0.197. The minimum atomic E-state index is -0.208. The Balaban J connectivity index is 1.56. The summed E-state index contributed by atoms with van der Waals surface area (Å²) in [4.78, 5) is 33.0. The number of rotatable bonds is 8. The van der Waals surface area contributed by atoms with Crippen LogP contribution in [0.25, 0.3) is 10.9 Å². The van der Waals surface area contributed by atoms with E-state index in [0.717, 1.165) is 47.5 Å². The molecule has 33 heavy (non-hydrogen) atoms. The lowest BCUT2D eigenvalue weighted by atomic mass is 10.1. The van der Waals surface area contributed by atoms with Gasteiger partial charge in [-0.2, -0.15) is 0 Å². The number of nitrogens with one attached hydrogen (secondary N) is 2. The van der Waals surface area contributed by atoms with Crippen molar-refractivity contribution in [1.82, 2.24) is 14.8 Å². The molecule has 0 saturated carbocycles. The molecule has 2 heterocycles. The number of carbonyl (C=O) groups excluding carboxylic acids is 1. The molecule has 1 aliphatic rings. The second-order valence-electron chi connectivity index (χ2n) is 8.57. The topological polar surface area (TPSA) is 77.7 Å². The molecule has 2 aromatic carbocycles. The summed E-state index contributed by atoms with van der Waals surface area (Å²) in [5.74, 6) is 0.756. The molecule has 0 aliphatic carbocycles. The number of benzene rings is 2. The van der Waals surface area contributed by atoms with Crippen LogP contribution in [0.1, 0.15) is 30.9 Å². The lowest BCUT2D eigenvalue weighted by Gasteiger charge is -2.26. The number of pyridine rings is 1. The van der Waals surface area contributed by atoms with E-state index < -0.39 is 0 Å². The van der Waals surface area contributed by atoms with Crippen LogP contribution in [0, 0.1) is 6.92 Å². The number of urea groups is 1. The molecular weight excluding hydrogens is 416 g/mol. The van der Waals surface area contributed by atoms with E-state index in [4.69, 9.17) is 4.74 Å². The fourth-order valence-corrected chi connectivity index (χ4v) is 4.17. The van der Waals surface area contributed by atoms with E-state index >= 15 is 0 Å². The third kappa shape index (κ3) is 5.93. The van der Waals surface area contributed by atoms with Gasteiger partial charge >= 0.3 is 6.03 Å². The summed E-state index contributed by atoms with van der Waals surface area (Å²) >= 11 is 0. The zero-order chi connectivity index (χ0) is 23.2. The van der Waals surface area contributed by atoms with Crippen LogP contribution in [0.2, 0.25) is 0 Å². The molecule has 0 bridgehead atoms. The molecule has 7 heteroatoms. The van der Waals surface area contributed by atoms with Gasteiger partial charge in [0.2, 0.25) is 0 Å². The number of ether oxygens (including phenoxy) is 1. The van der Waals surface area contributed by atoms with Crippen molar-refractivity contribution in [3.05, 3.63) is 70.0 Å². The molecule has 174 valence electrons. The average Bonchev–Trinajstić information content (AvgIpc) is 3.32. The van der Waals surface area contributed by atoms with Gasteiger partial charge in [-0.15, -0.1) is 0 Å². The van der Waals surface area contributed by atoms with Gasteiger partial charge < -0.3 is 24.8 Å². The maximum absolute atomic E-state index is 13.2. The Morgan fingerprint density at radius 3 is 2.61 bits per heavy atom. The van der Waals surface area contributed by atoms with E-state index in [9.17, 15) is 9.59 Å². The number of fused-ring (bicyclic) bond motifs is 1. The molecule has 1 aliphatic heterocycles. The summed E-state index contributed by atoms with van der Waals surface area (Å²) in [6.45, 7) is 8.22. The van der Waals surface area contributed by atoms with Crippen molar-refractivity contribution in [1.29, 1.82) is 0 Å². The number of hydrogen-bond donors (Lipinski definition) is 2. The lowest BCUT2D eigenvalue weighted by Crippen LogP contribution is -2.41.